The molecule has 2 unspecified atom stereocenters. The number of rotatable bonds is 3. The second-order valence-corrected chi connectivity index (χ2v) is 5.37. The Morgan fingerprint density at radius 1 is 1.24 bits per heavy atom. The molecule has 2 rings (SSSR count). The molecule has 2 N–H and O–H groups in total. The third-order valence-electron chi connectivity index (χ3n) is 3.60. The first kappa shape index (κ1) is 12.4. The molecular formula is C15H23NO. The molecule has 1 saturated carbocycles. The van der Waals surface area contributed by atoms with Crippen LogP contribution in [-0.2, 0) is 0 Å². The SMILES string of the molecule is CC1CCCC(Oc2ccc([C@@H](C)N)cc2)C1. The van der Waals surface area contributed by atoms with E-state index in [9.17, 15) is 0 Å². The van der Waals surface area contributed by atoms with Gasteiger partial charge < -0.3 is 10.5 Å². The lowest BCUT2D eigenvalue weighted by Gasteiger charge is -2.27. The largest absolute Gasteiger partial charge is 0.490 e. The van der Waals surface area contributed by atoms with E-state index >= 15 is 0 Å². The molecule has 2 nitrogen and oxygen atoms in total. The molecule has 0 bridgehead atoms. The monoisotopic (exact) mass is 233 g/mol. The summed E-state index contributed by atoms with van der Waals surface area (Å²) in [6, 6.07) is 8.30. The summed E-state index contributed by atoms with van der Waals surface area (Å²) in [5.74, 6) is 1.78. The first-order chi connectivity index (χ1) is 8.15. The van der Waals surface area contributed by atoms with Gasteiger partial charge >= 0.3 is 0 Å². The Hall–Kier alpha value is -1.02. The molecule has 3 atom stereocenters. The van der Waals surface area contributed by atoms with E-state index in [0.717, 1.165) is 17.2 Å². The van der Waals surface area contributed by atoms with Gasteiger partial charge in [-0.15, -0.1) is 0 Å². The zero-order valence-corrected chi connectivity index (χ0v) is 10.9. The molecule has 0 radical (unpaired) electrons. The van der Waals surface area contributed by atoms with Crippen molar-refractivity contribution < 1.29 is 4.74 Å². The Morgan fingerprint density at radius 2 is 1.94 bits per heavy atom. The van der Waals surface area contributed by atoms with Crippen LogP contribution in [0.2, 0.25) is 0 Å². The van der Waals surface area contributed by atoms with Crippen LogP contribution in [0.3, 0.4) is 0 Å². The summed E-state index contributed by atoms with van der Waals surface area (Å²) >= 11 is 0. The highest BCUT2D eigenvalue weighted by atomic mass is 16.5. The van der Waals surface area contributed by atoms with Gasteiger partial charge in [0, 0.05) is 6.04 Å². The van der Waals surface area contributed by atoms with Crippen LogP contribution in [0.1, 0.15) is 51.1 Å². The van der Waals surface area contributed by atoms with Gasteiger partial charge in [0.2, 0.25) is 0 Å². The third kappa shape index (κ3) is 3.47. The molecular weight excluding hydrogens is 210 g/mol. The minimum absolute atomic E-state index is 0.0961. The van der Waals surface area contributed by atoms with Crippen LogP contribution in [0.25, 0.3) is 0 Å². The van der Waals surface area contributed by atoms with Crippen LogP contribution >= 0.6 is 0 Å². The summed E-state index contributed by atoms with van der Waals surface area (Å²) < 4.78 is 6.02. The molecule has 0 aromatic heterocycles. The first-order valence-electron chi connectivity index (χ1n) is 6.67. The molecule has 1 fully saturated rings. The molecule has 0 aliphatic heterocycles. The smallest absolute Gasteiger partial charge is 0.119 e. The molecule has 17 heavy (non-hydrogen) atoms. The number of hydrogen-bond acceptors (Lipinski definition) is 2. The molecule has 1 aromatic rings. The minimum Gasteiger partial charge on any atom is -0.490 e. The Labute approximate surface area is 104 Å². The van der Waals surface area contributed by atoms with Crippen molar-refractivity contribution in [2.24, 2.45) is 11.7 Å². The van der Waals surface area contributed by atoms with Gasteiger partial charge in [0.05, 0.1) is 6.10 Å². The van der Waals surface area contributed by atoms with Gasteiger partial charge in [-0.05, 0) is 49.8 Å². The van der Waals surface area contributed by atoms with E-state index in [4.69, 9.17) is 10.5 Å². The number of benzene rings is 1. The average molecular weight is 233 g/mol. The number of ether oxygens (including phenoxy) is 1. The highest BCUT2D eigenvalue weighted by Crippen LogP contribution is 2.27. The van der Waals surface area contributed by atoms with Gasteiger partial charge in [0.1, 0.15) is 5.75 Å². The zero-order valence-electron chi connectivity index (χ0n) is 10.9. The lowest BCUT2D eigenvalue weighted by molar-refractivity contribution is 0.129. The van der Waals surface area contributed by atoms with E-state index in [1.54, 1.807) is 0 Å². The van der Waals surface area contributed by atoms with E-state index in [-0.39, 0.29) is 6.04 Å². The molecule has 1 aliphatic carbocycles. The lowest BCUT2D eigenvalue weighted by atomic mass is 9.89. The molecule has 1 aromatic carbocycles. The summed E-state index contributed by atoms with van der Waals surface area (Å²) in [5, 5.41) is 0. The van der Waals surface area contributed by atoms with E-state index in [2.05, 4.69) is 19.1 Å². The average Bonchev–Trinajstić information content (AvgIpc) is 2.29. The molecule has 1 aliphatic rings. The highest BCUT2D eigenvalue weighted by molar-refractivity contribution is 5.28. The van der Waals surface area contributed by atoms with Crippen molar-refractivity contribution in [3.63, 3.8) is 0 Å². The van der Waals surface area contributed by atoms with Crippen molar-refractivity contribution in [3.05, 3.63) is 29.8 Å². The van der Waals surface area contributed by atoms with Crippen molar-refractivity contribution in [2.75, 3.05) is 0 Å². The van der Waals surface area contributed by atoms with Crippen LogP contribution in [0.5, 0.6) is 5.75 Å². The van der Waals surface area contributed by atoms with Crippen LogP contribution in [0.15, 0.2) is 24.3 Å². The lowest BCUT2D eigenvalue weighted by Crippen LogP contribution is -2.24. The highest BCUT2D eigenvalue weighted by Gasteiger charge is 2.20. The maximum atomic E-state index is 6.02. The number of hydrogen-bond donors (Lipinski definition) is 1. The fourth-order valence-electron chi connectivity index (χ4n) is 2.53. The van der Waals surface area contributed by atoms with Crippen molar-refractivity contribution in [1.82, 2.24) is 0 Å². The van der Waals surface area contributed by atoms with E-state index in [1.807, 2.05) is 19.1 Å². The normalized spacial score (nSPS) is 26.5. The Bertz CT molecular complexity index is 344. The molecule has 2 heteroatoms. The summed E-state index contributed by atoms with van der Waals surface area (Å²) in [4.78, 5) is 0. The van der Waals surface area contributed by atoms with E-state index < -0.39 is 0 Å². The van der Waals surface area contributed by atoms with Crippen molar-refractivity contribution in [2.45, 2.75) is 51.7 Å². The predicted molar refractivity (Wildman–Crippen MR) is 71.1 cm³/mol. The van der Waals surface area contributed by atoms with Crippen LogP contribution in [-0.4, -0.2) is 6.10 Å². The quantitative estimate of drug-likeness (QED) is 0.864. The van der Waals surface area contributed by atoms with Gasteiger partial charge in [-0.25, -0.2) is 0 Å². The molecule has 0 saturated heterocycles. The molecule has 0 spiro atoms. The third-order valence-corrected chi connectivity index (χ3v) is 3.60. The fourth-order valence-corrected chi connectivity index (χ4v) is 2.53. The maximum Gasteiger partial charge on any atom is 0.119 e. The Kier molecular flexibility index (Phi) is 4.06. The predicted octanol–water partition coefficient (Wildman–Crippen LogP) is 3.66. The standard InChI is InChI=1S/C15H23NO/c1-11-4-3-5-15(10-11)17-14-8-6-13(7-9-14)12(2)16/h6-9,11-12,15H,3-5,10,16H2,1-2H3/t11?,12-,15?/m1/s1. The van der Waals surface area contributed by atoms with Crippen molar-refractivity contribution >= 4 is 0 Å². The van der Waals surface area contributed by atoms with Gasteiger partial charge in [-0.2, -0.15) is 0 Å². The van der Waals surface area contributed by atoms with Crippen LogP contribution in [0, 0.1) is 5.92 Å². The van der Waals surface area contributed by atoms with Crippen molar-refractivity contribution in [3.8, 4) is 5.75 Å². The number of nitrogens with two attached hydrogens (primary N) is 1. The van der Waals surface area contributed by atoms with Gasteiger partial charge in [0.15, 0.2) is 0 Å². The fraction of sp³-hybridized carbons (Fsp3) is 0.600. The van der Waals surface area contributed by atoms with Crippen LogP contribution in [0.4, 0.5) is 0 Å². The van der Waals surface area contributed by atoms with Gasteiger partial charge in [0.25, 0.3) is 0 Å². The van der Waals surface area contributed by atoms with Crippen LogP contribution < -0.4 is 10.5 Å². The second-order valence-electron chi connectivity index (χ2n) is 5.37. The molecule has 0 heterocycles. The van der Waals surface area contributed by atoms with Crippen molar-refractivity contribution in [1.29, 1.82) is 0 Å². The first-order valence-corrected chi connectivity index (χ1v) is 6.67. The summed E-state index contributed by atoms with van der Waals surface area (Å²) in [6.45, 7) is 4.31. The maximum absolute atomic E-state index is 6.02. The van der Waals surface area contributed by atoms with Gasteiger partial charge in [-0.1, -0.05) is 25.5 Å². The molecule has 94 valence electrons. The minimum atomic E-state index is 0.0961. The molecule has 0 amide bonds. The second kappa shape index (κ2) is 5.54. The van der Waals surface area contributed by atoms with Gasteiger partial charge in [-0.3, -0.25) is 0 Å². The van der Waals surface area contributed by atoms with E-state index in [0.29, 0.717) is 6.10 Å². The Balaban J connectivity index is 1.94. The zero-order chi connectivity index (χ0) is 12.3. The van der Waals surface area contributed by atoms with E-state index in [1.165, 1.54) is 25.7 Å². The summed E-state index contributed by atoms with van der Waals surface area (Å²) in [5.41, 5.74) is 6.99. The Morgan fingerprint density at radius 3 is 2.53 bits per heavy atom. The summed E-state index contributed by atoms with van der Waals surface area (Å²) in [7, 11) is 0. The topological polar surface area (TPSA) is 35.2 Å². The summed E-state index contributed by atoms with van der Waals surface area (Å²) in [6.07, 6.45) is 5.43.